The van der Waals surface area contributed by atoms with E-state index in [9.17, 15) is 18.0 Å². The molecule has 0 aliphatic heterocycles. The van der Waals surface area contributed by atoms with Gasteiger partial charge in [0.2, 0.25) is 10.0 Å². The number of hydrogen-bond acceptors (Lipinski definition) is 7. The van der Waals surface area contributed by atoms with Gasteiger partial charge >= 0.3 is 5.97 Å². The van der Waals surface area contributed by atoms with Gasteiger partial charge in [0.1, 0.15) is 5.69 Å². The second-order valence-electron chi connectivity index (χ2n) is 6.51. The van der Waals surface area contributed by atoms with Gasteiger partial charge in [0, 0.05) is 17.3 Å². The van der Waals surface area contributed by atoms with Gasteiger partial charge in [-0.25, -0.2) is 23.3 Å². The predicted molar refractivity (Wildman–Crippen MR) is 118 cm³/mol. The Hall–Kier alpha value is -4.20. The number of aromatic nitrogens is 1. The standard InChI is InChI=1S/C22H18N4O5S/c23-20-17(15-6-8-16(9-7-15)32(25,29)30)12-14(13-18(20)21(24)27)4-3-11-31-22(28)19-5-1-2-10-26-19/h1-2,5-10,12-13H,11,23H2,(H2,24,27)(H2,25,29,30). The molecule has 0 saturated carbocycles. The lowest BCUT2D eigenvalue weighted by Crippen LogP contribution is -2.14. The highest BCUT2D eigenvalue weighted by molar-refractivity contribution is 7.89. The maximum atomic E-state index is 11.9. The lowest BCUT2D eigenvalue weighted by Gasteiger charge is -2.11. The number of carbonyl (C=O) groups excluding carboxylic acids is 2. The number of rotatable bonds is 5. The fourth-order valence-electron chi connectivity index (χ4n) is 2.79. The number of anilines is 1. The first kappa shape index (κ1) is 22.5. The van der Waals surface area contributed by atoms with E-state index in [1.54, 1.807) is 18.2 Å². The maximum absolute atomic E-state index is 11.9. The summed E-state index contributed by atoms with van der Waals surface area (Å²) in [6, 6.07) is 13.5. The fraction of sp³-hybridized carbons (Fsp3) is 0.0455. The summed E-state index contributed by atoms with van der Waals surface area (Å²) in [5.41, 5.74) is 13.2. The molecule has 1 amide bonds. The summed E-state index contributed by atoms with van der Waals surface area (Å²) in [6.45, 7) is -0.204. The van der Waals surface area contributed by atoms with Gasteiger partial charge in [0.15, 0.2) is 6.61 Å². The number of ether oxygens (including phenoxy) is 1. The van der Waals surface area contributed by atoms with Gasteiger partial charge in [-0.15, -0.1) is 0 Å². The molecule has 10 heteroatoms. The maximum Gasteiger partial charge on any atom is 0.357 e. The molecule has 3 aromatic rings. The van der Waals surface area contributed by atoms with E-state index in [4.69, 9.17) is 21.3 Å². The van der Waals surface area contributed by atoms with Gasteiger partial charge in [-0.3, -0.25) is 4.79 Å². The topological polar surface area (TPSA) is 168 Å². The SMILES string of the molecule is NC(=O)c1cc(C#CCOC(=O)c2ccccn2)cc(-c2ccc(S(N)(=O)=O)cc2)c1N. The molecular formula is C22H18N4O5S. The molecule has 0 spiro atoms. The van der Waals surface area contributed by atoms with Gasteiger partial charge in [0.25, 0.3) is 5.91 Å². The number of benzene rings is 2. The summed E-state index contributed by atoms with van der Waals surface area (Å²) in [5.74, 6) is 4.10. The zero-order chi connectivity index (χ0) is 23.3. The van der Waals surface area contributed by atoms with E-state index in [2.05, 4.69) is 16.8 Å². The fourth-order valence-corrected chi connectivity index (χ4v) is 3.30. The predicted octanol–water partition coefficient (Wildman–Crippen LogP) is 1.29. The molecule has 2 aromatic carbocycles. The number of primary amides is 1. The zero-order valence-corrected chi connectivity index (χ0v) is 17.4. The number of carbonyl (C=O) groups is 2. The second kappa shape index (κ2) is 9.30. The number of nitrogens with zero attached hydrogens (tertiary/aromatic N) is 1. The van der Waals surface area contributed by atoms with E-state index in [0.29, 0.717) is 16.7 Å². The summed E-state index contributed by atoms with van der Waals surface area (Å²) >= 11 is 0. The number of nitrogen functional groups attached to an aromatic ring is 1. The molecule has 0 aliphatic carbocycles. The molecule has 9 nitrogen and oxygen atoms in total. The van der Waals surface area contributed by atoms with Crippen LogP contribution >= 0.6 is 0 Å². The van der Waals surface area contributed by atoms with Gasteiger partial charge < -0.3 is 16.2 Å². The van der Waals surface area contributed by atoms with Crippen LogP contribution in [0, 0.1) is 11.8 Å². The van der Waals surface area contributed by atoms with E-state index in [0.717, 1.165) is 0 Å². The number of esters is 1. The molecule has 0 radical (unpaired) electrons. The molecule has 0 atom stereocenters. The summed E-state index contributed by atoms with van der Waals surface area (Å²) in [7, 11) is -3.86. The number of amides is 1. The first-order valence-electron chi connectivity index (χ1n) is 9.10. The van der Waals surface area contributed by atoms with Crippen LogP contribution in [0.4, 0.5) is 5.69 Å². The van der Waals surface area contributed by atoms with Crippen molar-refractivity contribution in [3.05, 3.63) is 77.6 Å². The average molecular weight is 450 g/mol. The number of nitrogens with two attached hydrogens (primary N) is 3. The number of pyridine rings is 1. The molecular weight excluding hydrogens is 432 g/mol. The summed E-state index contributed by atoms with van der Waals surface area (Å²) in [4.78, 5) is 27.6. The third-order valence-corrected chi connectivity index (χ3v) is 5.25. The van der Waals surface area contributed by atoms with Crippen molar-refractivity contribution in [3.8, 4) is 23.0 Å². The van der Waals surface area contributed by atoms with E-state index in [1.807, 2.05) is 0 Å². The van der Waals surface area contributed by atoms with Crippen molar-refractivity contribution in [3.63, 3.8) is 0 Å². The molecule has 0 unspecified atom stereocenters. The quantitative estimate of drug-likeness (QED) is 0.299. The van der Waals surface area contributed by atoms with Crippen molar-refractivity contribution < 1.29 is 22.7 Å². The third-order valence-electron chi connectivity index (χ3n) is 4.32. The summed E-state index contributed by atoms with van der Waals surface area (Å²) in [5, 5.41) is 5.12. The molecule has 6 N–H and O–H groups in total. The van der Waals surface area contributed by atoms with Crippen molar-refractivity contribution in [2.24, 2.45) is 10.9 Å². The molecule has 0 fully saturated rings. The Morgan fingerprint density at radius 3 is 2.38 bits per heavy atom. The van der Waals surface area contributed by atoms with Crippen molar-refractivity contribution in [1.29, 1.82) is 0 Å². The van der Waals surface area contributed by atoms with Crippen LogP contribution in [0.1, 0.15) is 26.4 Å². The summed E-state index contributed by atoms with van der Waals surface area (Å²) in [6.07, 6.45) is 1.47. The molecule has 0 saturated heterocycles. The van der Waals surface area contributed by atoms with Gasteiger partial charge in [0.05, 0.1) is 16.1 Å². The van der Waals surface area contributed by atoms with Crippen LogP contribution in [0.25, 0.3) is 11.1 Å². The van der Waals surface area contributed by atoms with Crippen LogP contribution in [0.2, 0.25) is 0 Å². The van der Waals surface area contributed by atoms with Gasteiger partial charge in [-0.2, -0.15) is 0 Å². The number of primary sulfonamides is 1. The highest BCUT2D eigenvalue weighted by atomic mass is 32.2. The lowest BCUT2D eigenvalue weighted by molar-refractivity contribution is 0.0549. The Balaban J connectivity index is 1.88. The average Bonchev–Trinajstić information content (AvgIpc) is 2.77. The van der Waals surface area contributed by atoms with Crippen molar-refractivity contribution in [1.82, 2.24) is 4.98 Å². The Kier molecular flexibility index (Phi) is 6.53. The van der Waals surface area contributed by atoms with Crippen LogP contribution < -0.4 is 16.6 Å². The Morgan fingerprint density at radius 1 is 1.06 bits per heavy atom. The van der Waals surface area contributed by atoms with Crippen LogP contribution in [-0.4, -0.2) is 31.9 Å². The van der Waals surface area contributed by atoms with Crippen LogP contribution in [-0.2, 0) is 14.8 Å². The lowest BCUT2D eigenvalue weighted by atomic mass is 9.97. The van der Waals surface area contributed by atoms with Crippen LogP contribution in [0.5, 0.6) is 0 Å². The largest absolute Gasteiger partial charge is 0.448 e. The zero-order valence-electron chi connectivity index (χ0n) is 16.6. The van der Waals surface area contributed by atoms with Crippen molar-refractivity contribution >= 4 is 27.6 Å². The minimum absolute atomic E-state index is 0.0489. The van der Waals surface area contributed by atoms with E-state index >= 15 is 0 Å². The molecule has 0 bridgehead atoms. The Bertz CT molecular complexity index is 1340. The number of hydrogen-bond donors (Lipinski definition) is 3. The normalized spacial score (nSPS) is 10.7. The van der Waals surface area contributed by atoms with Crippen LogP contribution in [0.15, 0.2) is 65.7 Å². The Labute approximate surface area is 184 Å². The first-order chi connectivity index (χ1) is 15.2. The monoisotopic (exact) mass is 450 g/mol. The third kappa shape index (κ3) is 5.28. The van der Waals surface area contributed by atoms with Crippen molar-refractivity contribution in [2.45, 2.75) is 4.90 Å². The summed E-state index contributed by atoms with van der Waals surface area (Å²) < 4.78 is 28.0. The first-order valence-corrected chi connectivity index (χ1v) is 10.6. The molecule has 32 heavy (non-hydrogen) atoms. The minimum Gasteiger partial charge on any atom is -0.448 e. The molecule has 1 heterocycles. The van der Waals surface area contributed by atoms with E-state index < -0.39 is 21.9 Å². The smallest absolute Gasteiger partial charge is 0.357 e. The van der Waals surface area contributed by atoms with Crippen molar-refractivity contribution in [2.75, 3.05) is 12.3 Å². The second-order valence-corrected chi connectivity index (χ2v) is 8.07. The van der Waals surface area contributed by atoms with E-state index in [1.165, 1.54) is 42.6 Å². The highest BCUT2D eigenvalue weighted by Crippen LogP contribution is 2.30. The molecule has 1 aromatic heterocycles. The van der Waals surface area contributed by atoms with Gasteiger partial charge in [-0.05, 0) is 42.0 Å². The number of sulfonamides is 1. The van der Waals surface area contributed by atoms with Gasteiger partial charge in [-0.1, -0.05) is 30.0 Å². The van der Waals surface area contributed by atoms with E-state index in [-0.39, 0.29) is 28.4 Å². The minimum atomic E-state index is -3.86. The molecule has 162 valence electrons. The highest BCUT2D eigenvalue weighted by Gasteiger charge is 2.15. The molecule has 0 aliphatic rings. The Morgan fingerprint density at radius 2 is 1.78 bits per heavy atom. The molecule has 3 rings (SSSR count). The van der Waals surface area contributed by atoms with Crippen LogP contribution in [0.3, 0.4) is 0 Å².